The van der Waals surface area contributed by atoms with Crippen LogP contribution in [0.3, 0.4) is 0 Å². The third kappa shape index (κ3) is 4.19. The van der Waals surface area contributed by atoms with Crippen molar-refractivity contribution in [3.8, 4) is 22.9 Å². The molecule has 1 aliphatic heterocycles. The van der Waals surface area contributed by atoms with E-state index in [1.54, 1.807) is 43.4 Å². The summed E-state index contributed by atoms with van der Waals surface area (Å²) in [6, 6.07) is 18.0. The summed E-state index contributed by atoms with van der Waals surface area (Å²) < 4.78 is 12.6. The van der Waals surface area contributed by atoms with Crippen molar-refractivity contribution in [2.75, 3.05) is 24.9 Å². The summed E-state index contributed by atoms with van der Waals surface area (Å²) in [7, 11) is 3.18. The Labute approximate surface area is 202 Å². The first kappa shape index (κ1) is 22.1. The molecule has 2 N–H and O–H groups in total. The number of benzene rings is 2. The number of nitrogens with zero attached hydrogens (tertiary/aromatic N) is 4. The molecule has 0 saturated carbocycles. The number of ether oxygens (including phenoxy) is 2. The lowest BCUT2D eigenvalue weighted by atomic mass is 9.95. The molecule has 1 unspecified atom stereocenters. The molecular formula is C26H24N6O3. The number of hydrogen-bond donors (Lipinski definition) is 2. The zero-order valence-electron chi connectivity index (χ0n) is 19.5. The molecule has 1 aliphatic rings. The van der Waals surface area contributed by atoms with Crippen molar-refractivity contribution in [3.05, 3.63) is 89.9 Å². The number of anilines is 2. The highest BCUT2D eigenvalue weighted by Gasteiger charge is 2.35. The van der Waals surface area contributed by atoms with E-state index in [1.165, 1.54) is 0 Å². The van der Waals surface area contributed by atoms with Crippen LogP contribution in [0.4, 0.5) is 11.6 Å². The molecule has 3 heterocycles. The minimum atomic E-state index is -0.542. The molecule has 9 nitrogen and oxygen atoms in total. The lowest BCUT2D eigenvalue weighted by Gasteiger charge is -2.29. The Bertz CT molecular complexity index is 1410. The zero-order chi connectivity index (χ0) is 24.4. The van der Waals surface area contributed by atoms with E-state index in [0.717, 1.165) is 11.1 Å². The van der Waals surface area contributed by atoms with Crippen LogP contribution in [0.2, 0.25) is 0 Å². The van der Waals surface area contributed by atoms with Crippen LogP contribution in [0.1, 0.15) is 18.5 Å². The molecule has 176 valence electrons. The molecule has 0 fully saturated rings. The van der Waals surface area contributed by atoms with E-state index in [4.69, 9.17) is 19.6 Å². The minimum Gasteiger partial charge on any atom is -0.497 e. The predicted molar refractivity (Wildman–Crippen MR) is 132 cm³/mol. The molecule has 0 spiro atoms. The van der Waals surface area contributed by atoms with Crippen LogP contribution < -0.4 is 20.1 Å². The zero-order valence-corrected chi connectivity index (χ0v) is 19.5. The number of aromatic nitrogens is 4. The van der Waals surface area contributed by atoms with Gasteiger partial charge in [0.05, 0.1) is 25.5 Å². The molecule has 2 aromatic heterocycles. The summed E-state index contributed by atoms with van der Waals surface area (Å²) in [6.07, 6.45) is 3.38. The average Bonchev–Trinajstić information content (AvgIpc) is 3.32. The van der Waals surface area contributed by atoms with Gasteiger partial charge in [-0.1, -0.05) is 24.3 Å². The number of pyridine rings is 1. The third-order valence-electron chi connectivity index (χ3n) is 5.80. The number of allylic oxidation sites excluding steroid dienone is 1. The smallest absolute Gasteiger partial charge is 0.255 e. The van der Waals surface area contributed by atoms with Gasteiger partial charge in [-0.3, -0.25) is 9.78 Å². The number of fused-ring (bicyclic) bond motifs is 1. The Hall–Kier alpha value is -4.66. The van der Waals surface area contributed by atoms with Crippen LogP contribution in [0.25, 0.3) is 11.4 Å². The topological polar surface area (TPSA) is 103 Å². The van der Waals surface area contributed by atoms with Crippen molar-refractivity contribution in [3.63, 3.8) is 0 Å². The third-order valence-corrected chi connectivity index (χ3v) is 5.80. The van der Waals surface area contributed by atoms with Gasteiger partial charge in [-0.2, -0.15) is 4.98 Å². The van der Waals surface area contributed by atoms with Gasteiger partial charge in [-0.25, -0.2) is 4.68 Å². The number of para-hydroxylation sites is 2. The second kappa shape index (κ2) is 9.30. The summed E-state index contributed by atoms with van der Waals surface area (Å²) in [6.45, 7) is 1.86. The van der Waals surface area contributed by atoms with Crippen molar-refractivity contribution in [2.45, 2.75) is 13.0 Å². The molecule has 1 atom stereocenters. The number of amides is 1. The maximum Gasteiger partial charge on any atom is 0.255 e. The fourth-order valence-electron chi connectivity index (χ4n) is 4.13. The highest BCUT2D eigenvalue weighted by Crippen LogP contribution is 2.38. The van der Waals surface area contributed by atoms with Crippen LogP contribution in [-0.4, -0.2) is 39.9 Å². The summed E-state index contributed by atoms with van der Waals surface area (Å²) in [5.41, 5.74) is 3.41. The van der Waals surface area contributed by atoms with E-state index in [-0.39, 0.29) is 5.91 Å². The first-order chi connectivity index (χ1) is 17.1. The average molecular weight is 469 g/mol. The van der Waals surface area contributed by atoms with Crippen molar-refractivity contribution >= 4 is 17.5 Å². The second-order valence-electron chi connectivity index (χ2n) is 7.94. The van der Waals surface area contributed by atoms with Gasteiger partial charge in [0.15, 0.2) is 5.82 Å². The van der Waals surface area contributed by atoms with Crippen LogP contribution in [0.15, 0.2) is 84.3 Å². The number of nitrogens with one attached hydrogen (secondary N) is 2. The normalized spacial score (nSPS) is 14.7. The molecule has 2 aromatic carbocycles. The lowest BCUT2D eigenvalue weighted by molar-refractivity contribution is -0.113. The predicted octanol–water partition coefficient (Wildman–Crippen LogP) is 4.28. The Kier molecular flexibility index (Phi) is 5.88. The van der Waals surface area contributed by atoms with Gasteiger partial charge >= 0.3 is 0 Å². The Balaban J connectivity index is 1.61. The lowest BCUT2D eigenvalue weighted by Crippen LogP contribution is -2.31. The Morgan fingerprint density at radius 1 is 1.03 bits per heavy atom. The van der Waals surface area contributed by atoms with Gasteiger partial charge in [0.1, 0.15) is 17.5 Å². The molecule has 4 aromatic rings. The van der Waals surface area contributed by atoms with Crippen molar-refractivity contribution in [1.29, 1.82) is 0 Å². The van der Waals surface area contributed by atoms with Gasteiger partial charge in [-0.05, 0) is 48.9 Å². The van der Waals surface area contributed by atoms with Crippen LogP contribution in [0.5, 0.6) is 11.5 Å². The second-order valence-corrected chi connectivity index (χ2v) is 7.94. The standard InChI is InChI=1S/C26H24N6O3/c1-16-22(25(33)29-20-9-4-5-10-21(20)35-3)23(18-7-6-8-19(15-18)34-2)32-26(28-16)30-24(31-32)17-11-13-27-14-12-17/h4-15,23H,1-3H3,(H,29,33)(H,28,30,31). The van der Waals surface area contributed by atoms with E-state index < -0.39 is 6.04 Å². The van der Waals surface area contributed by atoms with E-state index in [9.17, 15) is 4.79 Å². The summed E-state index contributed by atoms with van der Waals surface area (Å²) in [4.78, 5) is 22.5. The molecule has 0 bridgehead atoms. The minimum absolute atomic E-state index is 0.279. The Morgan fingerprint density at radius 2 is 1.83 bits per heavy atom. The molecular weight excluding hydrogens is 444 g/mol. The van der Waals surface area contributed by atoms with Crippen LogP contribution >= 0.6 is 0 Å². The first-order valence-electron chi connectivity index (χ1n) is 11.0. The summed E-state index contributed by atoms with van der Waals surface area (Å²) in [5.74, 6) is 2.04. The van der Waals surface area contributed by atoms with E-state index in [1.807, 2.05) is 55.5 Å². The van der Waals surface area contributed by atoms with Gasteiger partial charge < -0.3 is 20.1 Å². The number of carbonyl (C=O) groups excluding carboxylic acids is 1. The van der Waals surface area contributed by atoms with Gasteiger partial charge in [-0.15, -0.1) is 5.10 Å². The van der Waals surface area contributed by atoms with E-state index in [0.29, 0.717) is 40.2 Å². The van der Waals surface area contributed by atoms with Crippen LogP contribution in [-0.2, 0) is 4.79 Å². The molecule has 0 aliphatic carbocycles. The number of hydrogen-bond acceptors (Lipinski definition) is 7. The van der Waals surface area contributed by atoms with Crippen molar-refractivity contribution in [2.24, 2.45) is 0 Å². The van der Waals surface area contributed by atoms with Crippen LogP contribution in [0, 0.1) is 0 Å². The van der Waals surface area contributed by atoms with Crippen molar-refractivity contribution in [1.82, 2.24) is 19.7 Å². The van der Waals surface area contributed by atoms with E-state index in [2.05, 4.69) is 15.6 Å². The molecule has 0 radical (unpaired) electrons. The van der Waals surface area contributed by atoms with Gasteiger partial charge in [0, 0.05) is 23.7 Å². The molecule has 5 rings (SSSR count). The molecule has 9 heteroatoms. The summed E-state index contributed by atoms with van der Waals surface area (Å²) >= 11 is 0. The number of methoxy groups -OCH3 is 2. The molecule has 1 amide bonds. The van der Waals surface area contributed by atoms with E-state index >= 15 is 0 Å². The largest absolute Gasteiger partial charge is 0.497 e. The first-order valence-corrected chi connectivity index (χ1v) is 11.0. The maximum absolute atomic E-state index is 13.7. The highest BCUT2D eigenvalue weighted by molar-refractivity contribution is 6.06. The monoisotopic (exact) mass is 468 g/mol. The number of carbonyl (C=O) groups is 1. The van der Waals surface area contributed by atoms with Gasteiger partial charge in [0.2, 0.25) is 5.95 Å². The molecule has 35 heavy (non-hydrogen) atoms. The molecule has 0 saturated heterocycles. The quantitative estimate of drug-likeness (QED) is 0.435. The fourth-order valence-corrected chi connectivity index (χ4v) is 4.13. The number of rotatable bonds is 6. The highest BCUT2D eigenvalue weighted by atomic mass is 16.5. The SMILES string of the molecule is COc1cccc(C2C(C(=O)Nc3ccccc3OC)=C(C)Nc3nc(-c4ccncc4)nn32)c1. The Morgan fingerprint density at radius 3 is 2.60 bits per heavy atom. The fraction of sp³-hybridized carbons (Fsp3) is 0.154. The maximum atomic E-state index is 13.7. The summed E-state index contributed by atoms with van der Waals surface area (Å²) in [5, 5.41) is 11.0. The van der Waals surface area contributed by atoms with Crippen molar-refractivity contribution < 1.29 is 14.3 Å². The van der Waals surface area contributed by atoms with Gasteiger partial charge in [0.25, 0.3) is 5.91 Å².